The fourth-order valence-corrected chi connectivity index (χ4v) is 5.98. The van der Waals surface area contributed by atoms with Gasteiger partial charge in [0.2, 0.25) is 0 Å². The van der Waals surface area contributed by atoms with Crippen LogP contribution in [0.15, 0.2) is 40.5 Å². The van der Waals surface area contributed by atoms with Crippen LogP contribution in [0.2, 0.25) is 0 Å². The lowest BCUT2D eigenvalue weighted by molar-refractivity contribution is -0.131. The van der Waals surface area contributed by atoms with Gasteiger partial charge in [-0.3, -0.25) is 4.79 Å². The van der Waals surface area contributed by atoms with Crippen molar-refractivity contribution in [2.24, 2.45) is 0 Å². The molecule has 0 N–H and O–H groups in total. The van der Waals surface area contributed by atoms with Crippen LogP contribution in [0.4, 0.5) is 0 Å². The van der Waals surface area contributed by atoms with E-state index in [1.807, 2.05) is 29.2 Å². The summed E-state index contributed by atoms with van der Waals surface area (Å²) in [5, 5.41) is 1.15. The van der Waals surface area contributed by atoms with Gasteiger partial charge in [0.1, 0.15) is 5.76 Å². The molecule has 6 rings (SSSR count). The summed E-state index contributed by atoms with van der Waals surface area (Å²) in [5.74, 6) is 0.798. The molecule has 35 heavy (non-hydrogen) atoms. The van der Waals surface area contributed by atoms with Gasteiger partial charge in [-0.2, -0.15) is 0 Å². The normalized spacial score (nSPS) is 18.5. The van der Waals surface area contributed by atoms with Gasteiger partial charge in [-0.1, -0.05) is 25.3 Å². The van der Waals surface area contributed by atoms with Crippen molar-refractivity contribution in [3.05, 3.63) is 53.0 Å². The summed E-state index contributed by atoms with van der Waals surface area (Å²) >= 11 is 0. The third kappa shape index (κ3) is 3.78. The van der Waals surface area contributed by atoms with Crippen LogP contribution in [0, 0.1) is 0 Å². The van der Waals surface area contributed by atoms with Gasteiger partial charge in [-0.25, -0.2) is 4.79 Å². The minimum absolute atomic E-state index is 0.00805. The Balaban J connectivity index is 1.56. The van der Waals surface area contributed by atoms with Crippen LogP contribution in [0.25, 0.3) is 28.2 Å². The highest BCUT2D eigenvalue weighted by Crippen LogP contribution is 2.46. The first-order valence-electron chi connectivity index (χ1n) is 12.6. The van der Waals surface area contributed by atoms with E-state index in [0.717, 1.165) is 35.0 Å². The maximum absolute atomic E-state index is 13.6. The molecule has 3 aliphatic rings. The average Bonchev–Trinajstić information content (AvgIpc) is 3.45. The number of ether oxygens (including phenoxy) is 2. The molecule has 7 heteroatoms. The Bertz CT molecular complexity index is 1320. The highest BCUT2D eigenvalue weighted by Gasteiger charge is 2.32. The fraction of sp³-hybridized carbons (Fsp3) is 0.429. The van der Waals surface area contributed by atoms with Gasteiger partial charge in [-0.15, -0.1) is 0 Å². The van der Waals surface area contributed by atoms with Crippen molar-refractivity contribution < 1.29 is 23.5 Å². The van der Waals surface area contributed by atoms with Crippen LogP contribution >= 0.6 is 0 Å². The molecule has 1 aromatic carbocycles. The smallest absolute Gasteiger partial charge is 0.337 e. The Kier molecular flexibility index (Phi) is 5.72. The molecule has 0 spiro atoms. The Morgan fingerprint density at radius 1 is 1.06 bits per heavy atom. The van der Waals surface area contributed by atoms with Crippen molar-refractivity contribution >= 4 is 28.9 Å². The molecule has 4 heterocycles. The minimum Gasteiger partial charge on any atom is -0.465 e. The number of aromatic nitrogens is 1. The maximum atomic E-state index is 13.6. The van der Waals surface area contributed by atoms with E-state index >= 15 is 0 Å². The standard InChI is InChI=1S/C28H30N2O5/c1-33-28(32)19-7-8-21-23(15-19)30-17-20(27(31)29-10-13-34-14-11-29)16-24-22(9-12-35-24)26(30)25(21)18-5-3-2-4-6-18/h7-9,12,15-16,18H,2-6,10-11,13-14,17H2,1H3. The number of morpholine rings is 1. The van der Waals surface area contributed by atoms with E-state index in [9.17, 15) is 9.59 Å². The Labute approximate surface area is 204 Å². The molecular weight excluding hydrogens is 444 g/mol. The van der Waals surface area contributed by atoms with Crippen molar-refractivity contribution in [1.29, 1.82) is 0 Å². The number of nitrogens with zero attached hydrogens (tertiary/aromatic N) is 2. The lowest BCUT2D eigenvalue weighted by Crippen LogP contribution is -2.41. The summed E-state index contributed by atoms with van der Waals surface area (Å²) in [6.45, 7) is 2.69. The average molecular weight is 475 g/mol. The van der Waals surface area contributed by atoms with Crippen molar-refractivity contribution in [1.82, 2.24) is 9.47 Å². The first-order valence-corrected chi connectivity index (χ1v) is 12.6. The molecule has 0 bridgehead atoms. The van der Waals surface area contributed by atoms with Crippen LogP contribution in [-0.4, -0.2) is 54.8 Å². The number of amides is 1. The second-order valence-corrected chi connectivity index (χ2v) is 9.68. The molecule has 0 unspecified atom stereocenters. The number of esters is 1. The van der Waals surface area contributed by atoms with Gasteiger partial charge >= 0.3 is 5.97 Å². The molecule has 182 valence electrons. The SMILES string of the molecule is COC(=O)c1ccc2c(C3CCCCC3)c3n(c2c1)CC(C(=O)N1CCOCC1)=Cc1occc1-3. The monoisotopic (exact) mass is 474 g/mol. The maximum Gasteiger partial charge on any atom is 0.337 e. The molecule has 2 aromatic heterocycles. The number of carbonyl (C=O) groups excluding carboxylic acids is 2. The molecule has 1 saturated carbocycles. The van der Waals surface area contributed by atoms with E-state index in [-0.39, 0.29) is 11.9 Å². The molecule has 0 atom stereocenters. The Morgan fingerprint density at radius 2 is 1.86 bits per heavy atom. The van der Waals surface area contributed by atoms with E-state index in [1.54, 1.807) is 6.26 Å². The van der Waals surface area contributed by atoms with Gasteiger partial charge in [0.15, 0.2) is 0 Å². The number of benzene rings is 1. The molecule has 7 nitrogen and oxygen atoms in total. The predicted octanol–water partition coefficient (Wildman–Crippen LogP) is 4.99. The molecule has 0 radical (unpaired) electrons. The largest absolute Gasteiger partial charge is 0.465 e. The Morgan fingerprint density at radius 3 is 2.63 bits per heavy atom. The fourth-order valence-electron chi connectivity index (χ4n) is 5.98. The zero-order chi connectivity index (χ0) is 23.9. The van der Waals surface area contributed by atoms with Crippen LogP contribution in [0.5, 0.6) is 0 Å². The lowest BCUT2D eigenvalue weighted by atomic mass is 9.82. The first-order chi connectivity index (χ1) is 17.2. The zero-order valence-corrected chi connectivity index (χ0v) is 20.0. The lowest BCUT2D eigenvalue weighted by Gasteiger charge is -2.28. The number of hydrogen-bond donors (Lipinski definition) is 0. The molecule has 3 aromatic rings. The summed E-state index contributed by atoms with van der Waals surface area (Å²) in [6.07, 6.45) is 9.60. The van der Waals surface area contributed by atoms with E-state index < -0.39 is 0 Å². The van der Waals surface area contributed by atoms with Crippen LogP contribution in [0.1, 0.15) is 59.7 Å². The summed E-state index contributed by atoms with van der Waals surface area (Å²) in [7, 11) is 1.40. The van der Waals surface area contributed by atoms with Gasteiger partial charge in [-0.05, 0) is 48.6 Å². The summed E-state index contributed by atoms with van der Waals surface area (Å²) in [6, 6.07) is 7.83. The number of furan rings is 1. The van der Waals surface area contributed by atoms with E-state index in [2.05, 4.69) is 10.6 Å². The summed E-state index contributed by atoms with van der Waals surface area (Å²) in [5.41, 5.74) is 5.57. The molecule has 2 aliphatic heterocycles. The third-order valence-corrected chi connectivity index (χ3v) is 7.70. The van der Waals surface area contributed by atoms with Gasteiger partial charge in [0.25, 0.3) is 5.91 Å². The zero-order valence-electron chi connectivity index (χ0n) is 20.0. The van der Waals surface area contributed by atoms with Crippen LogP contribution in [-0.2, 0) is 20.8 Å². The summed E-state index contributed by atoms with van der Waals surface area (Å²) < 4.78 is 18.6. The molecule has 1 aliphatic carbocycles. The quantitative estimate of drug-likeness (QED) is 0.500. The topological polar surface area (TPSA) is 73.9 Å². The van der Waals surface area contributed by atoms with Crippen molar-refractivity contribution in [3.63, 3.8) is 0 Å². The van der Waals surface area contributed by atoms with Gasteiger partial charge in [0.05, 0.1) is 44.4 Å². The van der Waals surface area contributed by atoms with Gasteiger partial charge < -0.3 is 23.4 Å². The Hall–Kier alpha value is -3.32. The molecule has 1 saturated heterocycles. The van der Waals surface area contributed by atoms with Crippen molar-refractivity contribution in [3.8, 4) is 11.3 Å². The number of hydrogen-bond acceptors (Lipinski definition) is 5. The summed E-state index contributed by atoms with van der Waals surface area (Å²) in [4.78, 5) is 27.9. The number of rotatable bonds is 3. The predicted molar refractivity (Wildman–Crippen MR) is 132 cm³/mol. The molecule has 1 amide bonds. The highest BCUT2D eigenvalue weighted by atomic mass is 16.5. The van der Waals surface area contributed by atoms with E-state index in [4.69, 9.17) is 13.9 Å². The number of carbonyl (C=O) groups is 2. The van der Waals surface area contributed by atoms with Crippen molar-refractivity contribution in [2.45, 2.75) is 44.6 Å². The van der Waals surface area contributed by atoms with Crippen LogP contribution < -0.4 is 0 Å². The third-order valence-electron chi connectivity index (χ3n) is 7.70. The highest BCUT2D eigenvalue weighted by molar-refractivity contribution is 6.03. The van der Waals surface area contributed by atoms with Crippen LogP contribution in [0.3, 0.4) is 0 Å². The molecule has 2 fully saturated rings. The van der Waals surface area contributed by atoms with Gasteiger partial charge in [0, 0.05) is 35.1 Å². The van der Waals surface area contributed by atoms with E-state index in [1.165, 1.54) is 31.9 Å². The van der Waals surface area contributed by atoms with E-state index in [0.29, 0.717) is 55.7 Å². The number of fused-ring (bicyclic) bond motifs is 5. The second kappa shape index (κ2) is 9.04. The minimum atomic E-state index is -0.362. The second-order valence-electron chi connectivity index (χ2n) is 9.68. The first kappa shape index (κ1) is 22.2. The number of methoxy groups -OCH3 is 1. The van der Waals surface area contributed by atoms with Crippen molar-refractivity contribution in [2.75, 3.05) is 33.4 Å². The molecular formula is C28H30N2O5.